The minimum absolute atomic E-state index is 0.228. The van der Waals surface area contributed by atoms with E-state index in [0.717, 1.165) is 39.1 Å². The molecule has 1 aromatic rings. The quantitative estimate of drug-likeness (QED) is 0.849. The second-order valence-corrected chi connectivity index (χ2v) is 6.55. The molecular weight excluding hydrogens is 258 g/mol. The molecule has 0 radical (unpaired) electrons. The number of rotatable bonds is 3. The van der Waals surface area contributed by atoms with Crippen LogP contribution in [-0.2, 0) is 11.3 Å². The summed E-state index contributed by atoms with van der Waals surface area (Å²) < 4.78 is 0. The smallest absolute Gasteiger partial charge is 0.227 e. The van der Waals surface area contributed by atoms with Gasteiger partial charge < -0.3 is 4.90 Å². The molecule has 2 saturated heterocycles. The van der Waals surface area contributed by atoms with E-state index in [0.29, 0.717) is 5.91 Å². The van der Waals surface area contributed by atoms with E-state index in [1.54, 1.807) is 11.3 Å². The monoisotopic (exact) mass is 279 g/mol. The molecular formula is C14H21N3OS. The standard InChI is InChI=1S/C14H21N3OS/c18-14(17-5-2-1-3-6-17)12-4-7-16(9-12)10-13-8-15-11-19-13/h8,11-12H,1-7,9-10H2. The molecule has 19 heavy (non-hydrogen) atoms. The van der Waals surface area contributed by atoms with Crippen molar-refractivity contribution in [1.29, 1.82) is 0 Å². The maximum Gasteiger partial charge on any atom is 0.227 e. The highest BCUT2D eigenvalue weighted by molar-refractivity contribution is 7.09. The van der Waals surface area contributed by atoms with Gasteiger partial charge in [-0.1, -0.05) is 0 Å². The first kappa shape index (κ1) is 13.1. The van der Waals surface area contributed by atoms with Crippen LogP contribution in [0.2, 0.25) is 0 Å². The molecule has 2 aliphatic rings. The van der Waals surface area contributed by atoms with E-state index < -0.39 is 0 Å². The molecule has 4 nitrogen and oxygen atoms in total. The Labute approximate surface area is 118 Å². The van der Waals surface area contributed by atoms with Gasteiger partial charge in [0.05, 0.1) is 11.4 Å². The largest absolute Gasteiger partial charge is 0.342 e. The molecule has 0 aliphatic carbocycles. The molecule has 2 aliphatic heterocycles. The summed E-state index contributed by atoms with van der Waals surface area (Å²) in [4.78, 5) is 22.3. The topological polar surface area (TPSA) is 36.4 Å². The minimum atomic E-state index is 0.228. The van der Waals surface area contributed by atoms with Crippen LogP contribution in [0.3, 0.4) is 0 Å². The molecule has 2 fully saturated rings. The third-order valence-corrected chi connectivity index (χ3v) is 4.92. The molecule has 1 amide bonds. The van der Waals surface area contributed by atoms with Crippen LogP contribution in [0, 0.1) is 5.92 Å². The molecule has 0 aromatic carbocycles. The van der Waals surface area contributed by atoms with E-state index in [-0.39, 0.29) is 5.92 Å². The van der Waals surface area contributed by atoms with E-state index in [1.165, 1.54) is 24.1 Å². The number of nitrogens with zero attached hydrogens (tertiary/aromatic N) is 3. The second-order valence-electron chi connectivity index (χ2n) is 5.57. The zero-order chi connectivity index (χ0) is 13.1. The van der Waals surface area contributed by atoms with Gasteiger partial charge in [-0.3, -0.25) is 14.7 Å². The molecule has 0 bridgehead atoms. The Kier molecular flexibility index (Phi) is 4.13. The molecule has 104 valence electrons. The number of hydrogen-bond acceptors (Lipinski definition) is 4. The van der Waals surface area contributed by atoms with Crippen molar-refractivity contribution in [2.24, 2.45) is 5.92 Å². The number of amides is 1. The molecule has 1 atom stereocenters. The molecule has 1 aromatic heterocycles. The summed E-state index contributed by atoms with van der Waals surface area (Å²) in [5.74, 6) is 0.623. The van der Waals surface area contributed by atoms with Crippen LogP contribution in [-0.4, -0.2) is 46.9 Å². The van der Waals surface area contributed by atoms with Crippen LogP contribution < -0.4 is 0 Å². The van der Waals surface area contributed by atoms with Crippen LogP contribution in [0.25, 0.3) is 0 Å². The lowest BCUT2D eigenvalue weighted by molar-refractivity contribution is -0.136. The third-order valence-electron chi connectivity index (χ3n) is 4.15. The summed E-state index contributed by atoms with van der Waals surface area (Å²) in [6, 6.07) is 0. The molecule has 1 unspecified atom stereocenters. The van der Waals surface area contributed by atoms with Crippen molar-refractivity contribution >= 4 is 17.2 Å². The van der Waals surface area contributed by atoms with Crippen molar-refractivity contribution in [3.05, 3.63) is 16.6 Å². The van der Waals surface area contributed by atoms with Gasteiger partial charge in [0, 0.05) is 37.3 Å². The number of aromatic nitrogens is 1. The molecule has 0 saturated carbocycles. The molecule has 0 N–H and O–H groups in total. The van der Waals surface area contributed by atoms with Gasteiger partial charge in [0.2, 0.25) is 5.91 Å². The lowest BCUT2D eigenvalue weighted by Crippen LogP contribution is -2.40. The van der Waals surface area contributed by atoms with Gasteiger partial charge in [-0.15, -0.1) is 11.3 Å². The lowest BCUT2D eigenvalue weighted by Gasteiger charge is -2.29. The molecule has 3 rings (SSSR count). The first-order valence-corrected chi connectivity index (χ1v) is 8.09. The highest BCUT2D eigenvalue weighted by Crippen LogP contribution is 2.23. The predicted octanol–water partition coefficient (Wildman–Crippen LogP) is 1.98. The first-order chi connectivity index (χ1) is 9.33. The normalized spacial score (nSPS) is 24.8. The van der Waals surface area contributed by atoms with Gasteiger partial charge >= 0.3 is 0 Å². The Bertz CT molecular complexity index is 414. The van der Waals surface area contributed by atoms with E-state index >= 15 is 0 Å². The Morgan fingerprint density at radius 1 is 1.32 bits per heavy atom. The average Bonchev–Trinajstić information content (AvgIpc) is 3.11. The van der Waals surface area contributed by atoms with Gasteiger partial charge in [0.25, 0.3) is 0 Å². The van der Waals surface area contributed by atoms with Gasteiger partial charge in [-0.05, 0) is 32.2 Å². The Hall–Kier alpha value is -0.940. The van der Waals surface area contributed by atoms with Crippen LogP contribution in [0.15, 0.2) is 11.7 Å². The first-order valence-electron chi connectivity index (χ1n) is 7.21. The van der Waals surface area contributed by atoms with Crippen LogP contribution in [0.1, 0.15) is 30.6 Å². The Morgan fingerprint density at radius 2 is 2.16 bits per heavy atom. The van der Waals surface area contributed by atoms with Crippen molar-refractivity contribution in [3.8, 4) is 0 Å². The van der Waals surface area contributed by atoms with E-state index in [4.69, 9.17) is 0 Å². The summed E-state index contributed by atoms with van der Waals surface area (Å²) in [6.45, 7) is 4.87. The summed E-state index contributed by atoms with van der Waals surface area (Å²) in [6.07, 6.45) is 6.61. The van der Waals surface area contributed by atoms with Crippen LogP contribution in [0.5, 0.6) is 0 Å². The average molecular weight is 279 g/mol. The SMILES string of the molecule is O=C(C1CCN(Cc2cncs2)C1)N1CCCCC1. The third kappa shape index (κ3) is 3.15. The van der Waals surface area contributed by atoms with Gasteiger partial charge in [0.15, 0.2) is 0 Å². The summed E-state index contributed by atoms with van der Waals surface area (Å²) in [5.41, 5.74) is 1.88. The fraction of sp³-hybridized carbons (Fsp3) is 0.714. The fourth-order valence-electron chi connectivity index (χ4n) is 3.09. The number of carbonyl (C=O) groups is 1. The minimum Gasteiger partial charge on any atom is -0.342 e. The lowest BCUT2D eigenvalue weighted by atomic mass is 10.0. The van der Waals surface area contributed by atoms with Crippen molar-refractivity contribution in [2.75, 3.05) is 26.2 Å². The summed E-state index contributed by atoms with van der Waals surface area (Å²) in [5, 5.41) is 0. The van der Waals surface area contributed by atoms with Gasteiger partial charge in [0.1, 0.15) is 0 Å². The van der Waals surface area contributed by atoms with Crippen LogP contribution in [0.4, 0.5) is 0 Å². The molecule has 3 heterocycles. The van der Waals surface area contributed by atoms with Gasteiger partial charge in [-0.25, -0.2) is 0 Å². The Balaban J connectivity index is 1.52. The zero-order valence-corrected chi connectivity index (χ0v) is 12.1. The van der Waals surface area contributed by atoms with Gasteiger partial charge in [-0.2, -0.15) is 0 Å². The number of piperidine rings is 1. The fourth-order valence-corrected chi connectivity index (χ4v) is 3.73. The molecule has 0 spiro atoms. The number of carbonyl (C=O) groups excluding carboxylic acids is 1. The maximum absolute atomic E-state index is 12.4. The predicted molar refractivity (Wildman–Crippen MR) is 75.9 cm³/mol. The van der Waals surface area contributed by atoms with Crippen molar-refractivity contribution in [3.63, 3.8) is 0 Å². The molecule has 5 heteroatoms. The highest BCUT2D eigenvalue weighted by Gasteiger charge is 2.31. The number of likely N-dealkylation sites (tertiary alicyclic amines) is 2. The number of hydrogen-bond donors (Lipinski definition) is 0. The van der Waals surface area contributed by atoms with Crippen LogP contribution >= 0.6 is 11.3 Å². The second kappa shape index (κ2) is 6.01. The van der Waals surface area contributed by atoms with E-state index in [2.05, 4.69) is 14.8 Å². The van der Waals surface area contributed by atoms with E-state index in [9.17, 15) is 4.79 Å². The zero-order valence-electron chi connectivity index (χ0n) is 11.3. The maximum atomic E-state index is 12.4. The van der Waals surface area contributed by atoms with Crippen molar-refractivity contribution in [1.82, 2.24) is 14.8 Å². The van der Waals surface area contributed by atoms with Crippen molar-refractivity contribution in [2.45, 2.75) is 32.2 Å². The van der Waals surface area contributed by atoms with Crippen molar-refractivity contribution < 1.29 is 4.79 Å². The van der Waals surface area contributed by atoms with E-state index in [1.807, 2.05) is 11.7 Å². The summed E-state index contributed by atoms with van der Waals surface area (Å²) >= 11 is 1.70. The Morgan fingerprint density at radius 3 is 2.89 bits per heavy atom. The number of thiazole rings is 1. The highest BCUT2D eigenvalue weighted by atomic mass is 32.1. The summed E-state index contributed by atoms with van der Waals surface area (Å²) in [7, 11) is 0.